The van der Waals surface area contributed by atoms with Gasteiger partial charge < -0.3 is 14.0 Å². The highest BCUT2D eigenvalue weighted by molar-refractivity contribution is 7.95. The lowest BCUT2D eigenvalue weighted by Crippen LogP contribution is -2.10. The molecule has 0 aromatic heterocycles. The van der Waals surface area contributed by atoms with E-state index in [1.54, 1.807) is 6.07 Å². The van der Waals surface area contributed by atoms with Gasteiger partial charge in [0.25, 0.3) is 0 Å². The van der Waals surface area contributed by atoms with E-state index in [-0.39, 0.29) is 5.02 Å². The number of benzene rings is 1. The highest BCUT2D eigenvalue weighted by Gasteiger charge is 2.34. The molecule has 0 saturated heterocycles. The quantitative estimate of drug-likeness (QED) is 0.419. The fourth-order valence-electron chi connectivity index (χ4n) is 1.29. The fourth-order valence-corrected chi connectivity index (χ4v) is 1.88. The second-order valence-corrected chi connectivity index (χ2v) is 4.52. The van der Waals surface area contributed by atoms with Crippen LogP contribution >= 0.6 is 23.6 Å². The van der Waals surface area contributed by atoms with Crippen molar-refractivity contribution in [1.29, 1.82) is 5.26 Å². The lowest BCUT2D eigenvalue weighted by molar-refractivity contribution is -0.0370. The number of hydrogen-bond donors (Lipinski definition) is 3. The lowest BCUT2D eigenvalue weighted by atomic mass is 10.1. The molecule has 23 heavy (non-hydrogen) atoms. The molecule has 0 amide bonds. The van der Waals surface area contributed by atoms with Crippen LogP contribution in [0.4, 0.5) is 18.9 Å². The van der Waals surface area contributed by atoms with Gasteiger partial charge in [-0.15, -0.1) is 0 Å². The maximum Gasteiger partial charge on any atom is 0.479 e. The number of ether oxygens (including phenoxy) is 1. The Morgan fingerprint density at radius 1 is 1.48 bits per heavy atom. The number of esters is 1. The first kappa shape index (κ1) is 21.1. The summed E-state index contributed by atoms with van der Waals surface area (Å²) in [5.74, 6) is -1.79. The molecule has 0 atom stereocenters. The minimum Gasteiger partial charge on any atom is -0.465 e. The molecule has 12 heteroatoms. The van der Waals surface area contributed by atoms with Gasteiger partial charge in [0.15, 0.2) is 17.8 Å². The average Bonchev–Trinajstić information content (AvgIpc) is 2.52. The van der Waals surface area contributed by atoms with E-state index in [1.165, 1.54) is 5.48 Å². The summed E-state index contributed by atoms with van der Waals surface area (Å²) in [4.78, 5) is 11.5. The SMILES string of the molecule is CO.COC(=O)c1cc(Cl)c(C#N)c(NO)c1OSC(F)(F)F. The average molecular weight is 375 g/mol. The van der Waals surface area contributed by atoms with Crippen LogP contribution in [0.2, 0.25) is 5.02 Å². The van der Waals surface area contributed by atoms with Gasteiger partial charge in [-0.2, -0.15) is 18.4 Å². The molecule has 1 aromatic rings. The Balaban J connectivity index is 0.00000232. The van der Waals surface area contributed by atoms with Gasteiger partial charge in [-0.1, -0.05) is 11.6 Å². The second kappa shape index (κ2) is 9.31. The van der Waals surface area contributed by atoms with Crippen molar-refractivity contribution in [3.63, 3.8) is 0 Å². The zero-order valence-electron chi connectivity index (χ0n) is 11.6. The number of rotatable bonds is 4. The smallest absolute Gasteiger partial charge is 0.465 e. The number of methoxy groups -OCH3 is 1. The summed E-state index contributed by atoms with van der Waals surface area (Å²) >= 11 is 4.78. The topological polar surface area (TPSA) is 112 Å². The lowest BCUT2D eigenvalue weighted by Gasteiger charge is -2.15. The number of aliphatic hydroxyl groups is 1. The maximum absolute atomic E-state index is 12.2. The number of nitriles is 1. The third-order valence-corrected chi connectivity index (χ3v) is 2.82. The van der Waals surface area contributed by atoms with Crippen LogP contribution in [0.25, 0.3) is 0 Å². The van der Waals surface area contributed by atoms with Crippen LogP contribution in [-0.2, 0) is 4.74 Å². The van der Waals surface area contributed by atoms with Crippen molar-refractivity contribution in [2.45, 2.75) is 5.51 Å². The van der Waals surface area contributed by atoms with E-state index in [4.69, 9.17) is 27.2 Å². The summed E-state index contributed by atoms with van der Waals surface area (Å²) in [6.45, 7) is 0. The van der Waals surface area contributed by atoms with E-state index in [9.17, 15) is 18.0 Å². The Kier molecular flexibility index (Phi) is 8.55. The molecular weight excluding hydrogens is 365 g/mol. The third kappa shape index (κ3) is 5.68. The summed E-state index contributed by atoms with van der Waals surface area (Å²) in [5, 5.41) is 24.6. The van der Waals surface area contributed by atoms with Crippen LogP contribution in [-0.4, -0.2) is 36.0 Å². The summed E-state index contributed by atoms with van der Waals surface area (Å²) in [7, 11) is 1.99. The molecule has 0 unspecified atom stereocenters. The molecule has 0 aliphatic carbocycles. The van der Waals surface area contributed by atoms with Gasteiger partial charge in [-0.05, 0) is 6.07 Å². The van der Waals surface area contributed by atoms with Crippen molar-refractivity contribution >= 4 is 35.3 Å². The molecular formula is C11H10ClF3N2O5S. The molecule has 1 aromatic carbocycles. The van der Waals surface area contributed by atoms with Gasteiger partial charge in [0.1, 0.15) is 17.3 Å². The van der Waals surface area contributed by atoms with Crippen molar-refractivity contribution in [3.8, 4) is 11.8 Å². The highest BCUT2D eigenvalue weighted by atomic mass is 35.5. The number of aliphatic hydroxyl groups excluding tert-OH is 1. The van der Waals surface area contributed by atoms with Crippen LogP contribution < -0.4 is 9.66 Å². The predicted molar refractivity (Wildman–Crippen MR) is 75.3 cm³/mol. The Morgan fingerprint density at radius 2 is 2.04 bits per heavy atom. The Labute approximate surface area is 137 Å². The molecule has 0 heterocycles. The number of carbonyl (C=O) groups excluding carboxylic acids is 1. The number of hydrogen-bond acceptors (Lipinski definition) is 8. The number of carbonyl (C=O) groups is 1. The standard InChI is InChI=1S/C10H6ClF3N2O4S.CH4O/c1-19-9(17)4-2-6(11)5(3-15)7(16-18)8(4)20-21-10(12,13)14;1-2/h2,16,18H,1H3;2H,1H3. The van der Waals surface area contributed by atoms with Crippen LogP contribution in [0.5, 0.6) is 5.75 Å². The van der Waals surface area contributed by atoms with E-state index >= 15 is 0 Å². The Morgan fingerprint density at radius 3 is 2.43 bits per heavy atom. The molecule has 0 radical (unpaired) electrons. The van der Waals surface area contributed by atoms with Gasteiger partial charge in [0.05, 0.1) is 17.7 Å². The highest BCUT2D eigenvalue weighted by Crippen LogP contribution is 2.42. The first-order chi connectivity index (χ1) is 10.7. The van der Waals surface area contributed by atoms with Crippen molar-refractivity contribution in [2.24, 2.45) is 0 Å². The predicted octanol–water partition coefficient (Wildman–Crippen LogP) is 2.95. The summed E-state index contributed by atoms with van der Waals surface area (Å²) in [5.41, 5.74) is -4.75. The van der Waals surface area contributed by atoms with Gasteiger partial charge in [0.2, 0.25) is 0 Å². The zero-order valence-corrected chi connectivity index (χ0v) is 13.1. The van der Waals surface area contributed by atoms with Crippen molar-refractivity contribution in [2.75, 3.05) is 19.7 Å². The van der Waals surface area contributed by atoms with Gasteiger partial charge in [0, 0.05) is 7.11 Å². The first-order valence-electron chi connectivity index (χ1n) is 5.37. The van der Waals surface area contributed by atoms with Crippen molar-refractivity contribution in [1.82, 2.24) is 0 Å². The molecule has 0 saturated carbocycles. The number of nitrogens with one attached hydrogen (secondary N) is 1. The van der Waals surface area contributed by atoms with Crippen LogP contribution in [0.15, 0.2) is 6.07 Å². The Hall–Kier alpha value is -1.87. The molecule has 128 valence electrons. The van der Waals surface area contributed by atoms with E-state index in [1.807, 2.05) is 0 Å². The van der Waals surface area contributed by atoms with Crippen molar-refractivity contribution in [3.05, 3.63) is 22.2 Å². The van der Waals surface area contributed by atoms with Crippen LogP contribution in [0.3, 0.4) is 0 Å². The number of alkyl halides is 3. The first-order valence-corrected chi connectivity index (χ1v) is 6.49. The van der Waals surface area contributed by atoms with Crippen LogP contribution in [0.1, 0.15) is 15.9 Å². The fraction of sp³-hybridized carbons (Fsp3) is 0.273. The zero-order chi connectivity index (χ0) is 18.2. The molecule has 0 fully saturated rings. The largest absolute Gasteiger partial charge is 0.479 e. The monoisotopic (exact) mass is 374 g/mol. The van der Waals surface area contributed by atoms with Crippen LogP contribution in [0, 0.1) is 11.3 Å². The Bertz CT molecular complexity index is 607. The van der Waals surface area contributed by atoms with E-state index in [0.29, 0.717) is 0 Å². The minimum atomic E-state index is -4.77. The molecule has 3 N–H and O–H groups in total. The van der Waals surface area contributed by atoms with Gasteiger partial charge in [-0.25, -0.2) is 4.79 Å². The number of nitrogens with zero attached hydrogens (tertiary/aromatic N) is 1. The van der Waals surface area contributed by atoms with E-state index in [2.05, 4.69) is 8.92 Å². The summed E-state index contributed by atoms with van der Waals surface area (Å²) in [6, 6.07) is 2.46. The minimum absolute atomic E-state index is 0.279. The molecule has 0 bridgehead atoms. The van der Waals surface area contributed by atoms with Gasteiger partial charge in [-0.3, -0.25) is 10.7 Å². The molecule has 7 nitrogen and oxygen atoms in total. The maximum atomic E-state index is 12.2. The summed E-state index contributed by atoms with van der Waals surface area (Å²) < 4.78 is 45.4. The van der Waals surface area contributed by atoms with Crippen molar-refractivity contribution < 1.29 is 37.2 Å². The summed E-state index contributed by atoms with van der Waals surface area (Å²) in [6.07, 6.45) is 0. The number of halogens is 4. The molecule has 0 aliphatic heterocycles. The second-order valence-electron chi connectivity index (χ2n) is 3.31. The van der Waals surface area contributed by atoms with E-state index < -0.39 is 46.1 Å². The molecule has 0 aliphatic rings. The van der Waals surface area contributed by atoms with Gasteiger partial charge >= 0.3 is 11.5 Å². The molecule has 0 spiro atoms. The third-order valence-electron chi connectivity index (χ3n) is 2.08. The molecule has 1 rings (SSSR count). The van der Waals surface area contributed by atoms with E-state index in [0.717, 1.165) is 20.3 Å². The normalized spacial score (nSPS) is 10.0. The number of anilines is 1.